The van der Waals surface area contributed by atoms with Gasteiger partial charge in [-0.1, -0.05) is 17.7 Å². The lowest BCUT2D eigenvalue weighted by Gasteiger charge is -2.15. The number of thioether (sulfide) groups is 1. The molecule has 0 saturated carbocycles. The van der Waals surface area contributed by atoms with Crippen LogP contribution in [0.1, 0.15) is 16.8 Å². The molecule has 0 radical (unpaired) electrons. The number of nitrogens with zero attached hydrogens (tertiary/aromatic N) is 1. The monoisotopic (exact) mass is 432 g/mol. The van der Waals surface area contributed by atoms with Gasteiger partial charge in [0.1, 0.15) is 0 Å². The van der Waals surface area contributed by atoms with Gasteiger partial charge in [-0.25, -0.2) is 9.69 Å². The highest BCUT2D eigenvalue weighted by Gasteiger charge is 2.40. The minimum absolute atomic E-state index is 0.00665. The summed E-state index contributed by atoms with van der Waals surface area (Å²) in [6, 6.07) is 12.7. The van der Waals surface area contributed by atoms with Gasteiger partial charge in [0.2, 0.25) is 17.7 Å². The number of hydrogen-bond donors (Lipinski definition) is 1. The zero-order valence-electron chi connectivity index (χ0n) is 15.4. The first-order valence-electron chi connectivity index (χ1n) is 8.61. The zero-order chi connectivity index (χ0) is 21.0. The van der Waals surface area contributed by atoms with Gasteiger partial charge in [-0.15, -0.1) is 11.8 Å². The molecule has 1 aliphatic rings. The fourth-order valence-electron chi connectivity index (χ4n) is 2.81. The van der Waals surface area contributed by atoms with Crippen molar-refractivity contribution in [1.82, 2.24) is 0 Å². The summed E-state index contributed by atoms with van der Waals surface area (Å²) in [7, 11) is 1.27. The lowest BCUT2D eigenvalue weighted by Crippen LogP contribution is -2.31. The van der Waals surface area contributed by atoms with Crippen LogP contribution in [0.2, 0.25) is 5.02 Å². The van der Waals surface area contributed by atoms with Crippen LogP contribution in [0.15, 0.2) is 48.5 Å². The molecule has 0 spiro atoms. The second kappa shape index (κ2) is 9.11. The van der Waals surface area contributed by atoms with Gasteiger partial charge in [-0.2, -0.15) is 0 Å². The summed E-state index contributed by atoms with van der Waals surface area (Å²) in [5, 5.41) is 2.56. The normalized spacial score (nSPS) is 16.1. The molecule has 1 atom stereocenters. The molecule has 2 aromatic rings. The molecule has 1 fully saturated rings. The highest BCUT2D eigenvalue weighted by molar-refractivity contribution is 8.01. The number of anilines is 2. The van der Waals surface area contributed by atoms with Gasteiger partial charge in [0.05, 0.1) is 29.4 Å². The van der Waals surface area contributed by atoms with E-state index in [2.05, 4.69) is 10.1 Å². The maximum Gasteiger partial charge on any atom is 0.337 e. The molecular weight excluding hydrogens is 416 g/mol. The molecule has 0 aliphatic carbocycles. The molecule has 29 heavy (non-hydrogen) atoms. The summed E-state index contributed by atoms with van der Waals surface area (Å²) in [5.74, 6) is -1.52. The Morgan fingerprint density at radius 1 is 1.21 bits per heavy atom. The standard InChI is InChI=1S/C20H17ClN2O5S/c1-28-20(27)12-5-7-15(8-6-12)23-18(25)10-16(19(23)26)29-11-17(24)22-14-4-2-3-13(21)9-14/h2-9,16H,10-11H2,1H3,(H,22,24). The second-order valence-electron chi connectivity index (χ2n) is 6.17. The number of rotatable bonds is 6. The van der Waals surface area contributed by atoms with E-state index >= 15 is 0 Å². The van der Waals surface area contributed by atoms with Crippen molar-refractivity contribution in [2.24, 2.45) is 0 Å². The van der Waals surface area contributed by atoms with Crippen LogP contribution < -0.4 is 10.2 Å². The summed E-state index contributed by atoms with van der Waals surface area (Å²) in [6.45, 7) is 0. The summed E-state index contributed by atoms with van der Waals surface area (Å²) in [5.41, 5.74) is 1.25. The Morgan fingerprint density at radius 3 is 2.59 bits per heavy atom. The zero-order valence-corrected chi connectivity index (χ0v) is 17.0. The first kappa shape index (κ1) is 20.9. The molecule has 150 valence electrons. The first-order valence-corrected chi connectivity index (χ1v) is 10.0. The van der Waals surface area contributed by atoms with Gasteiger partial charge in [0.15, 0.2) is 0 Å². The first-order chi connectivity index (χ1) is 13.9. The predicted molar refractivity (Wildman–Crippen MR) is 111 cm³/mol. The Labute approximate surface area is 176 Å². The van der Waals surface area contributed by atoms with Gasteiger partial charge in [-0.05, 0) is 42.5 Å². The highest BCUT2D eigenvalue weighted by Crippen LogP contribution is 2.30. The fourth-order valence-corrected chi connectivity index (χ4v) is 3.93. The number of carbonyl (C=O) groups is 4. The molecule has 0 aromatic heterocycles. The van der Waals surface area contributed by atoms with Crippen LogP contribution in [0.4, 0.5) is 11.4 Å². The number of ether oxygens (including phenoxy) is 1. The lowest BCUT2D eigenvalue weighted by molar-refractivity contribution is -0.121. The van der Waals surface area contributed by atoms with Crippen LogP contribution in [0, 0.1) is 0 Å². The van der Waals surface area contributed by atoms with E-state index in [-0.39, 0.29) is 29.9 Å². The van der Waals surface area contributed by atoms with E-state index in [9.17, 15) is 19.2 Å². The van der Waals surface area contributed by atoms with Gasteiger partial charge >= 0.3 is 5.97 Å². The van der Waals surface area contributed by atoms with Crippen molar-refractivity contribution in [1.29, 1.82) is 0 Å². The van der Waals surface area contributed by atoms with Gasteiger partial charge in [-0.3, -0.25) is 14.4 Å². The maximum atomic E-state index is 12.7. The topological polar surface area (TPSA) is 92.8 Å². The number of benzene rings is 2. The molecule has 3 rings (SSSR count). The summed E-state index contributed by atoms with van der Waals surface area (Å²) < 4.78 is 4.63. The van der Waals surface area contributed by atoms with Crippen molar-refractivity contribution in [3.63, 3.8) is 0 Å². The minimum atomic E-state index is -0.645. The SMILES string of the molecule is COC(=O)c1ccc(N2C(=O)CC(SCC(=O)Nc3cccc(Cl)c3)C2=O)cc1. The third-order valence-electron chi connectivity index (χ3n) is 4.18. The molecule has 0 bridgehead atoms. The number of carbonyl (C=O) groups excluding carboxylic acids is 4. The Hall–Kier alpha value is -2.84. The van der Waals surface area contributed by atoms with Crippen molar-refractivity contribution < 1.29 is 23.9 Å². The number of nitrogens with one attached hydrogen (secondary N) is 1. The van der Waals surface area contributed by atoms with Crippen LogP contribution in [0.5, 0.6) is 0 Å². The van der Waals surface area contributed by atoms with Crippen molar-refractivity contribution >= 4 is 58.4 Å². The molecular formula is C20H17ClN2O5S. The molecule has 7 nitrogen and oxygen atoms in total. The third-order valence-corrected chi connectivity index (χ3v) is 5.61. The minimum Gasteiger partial charge on any atom is -0.465 e. The smallest absolute Gasteiger partial charge is 0.337 e. The van der Waals surface area contributed by atoms with Crippen molar-refractivity contribution in [2.45, 2.75) is 11.7 Å². The van der Waals surface area contributed by atoms with Gasteiger partial charge in [0, 0.05) is 17.1 Å². The van der Waals surface area contributed by atoms with Crippen LogP contribution in [0.25, 0.3) is 0 Å². The number of hydrogen-bond acceptors (Lipinski definition) is 6. The number of imide groups is 1. The molecule has 2 aromatic carbocycles. The Morgan fingerprint density at radius 2 is 1.93 bits per heavy atom. The maximum absolute atomic E-state index is 12.7. The largest absolute Gasteiger partial charge is 0.465 e. The van der Waals surface area contributed by atoms with E-state index in [1.54, 1.807) is 24.3 Å². The van der Waals surface area contributed by atoms with E-state index < -0.39 is 11.2 Å². The third kappa shape index (κ3) is 4.96. The second-order valence-corrected chi connectivity index (χ2v) is 7.80. The average Bonchev–Trinajstić information content (AvgIpc) is 2.99. The summed E-state index contributed by atoms with van der Waals surface area (Å²) in [6.07, 6.45) is 0.00665. The van der Waals surface area contributed by atoms with Crippen LogP contribution in [-0.4, -0.2) is 41.8 Å². The molecule has 1 N–H and O–H groups in total. The van der Waals surface area contributed by atoms with E-state index in [0.29, 0.717) is 22.0 Å². The quantitative estimate of drug-likeness (QED) is 0.557. The van der Waals surface area contributed by atoms with Crippen LogP contribution in [-0.2, 0) is 19.1 Å². The van der Waals surface area contributed by atoms with E-state index in [4.69, 9.17) is 11.6 Å². The average molecular weight is 433 g/mol. The molecule has 3 amide bonds. The molecule has 1 unspecified atom stereocenters. The number of esters is 1. The Kier molecular flexibility index (Phi) is 6.56. The van der Waals surface area contributed by atoms with Gasteiger partial charge < -0.3 is 10.1 Å². The highest BCUT2D eigenvalue weighted by atomic mass is 35.5. The fraction of sp³-hybridized carbons (Fsp3) is 0.200. The number of methoxy groups -OCH3 is 1. The van der Waals surface area contributed by atoms with Crippen LogP contribution in [0.3, 0.4) is 0 Å². The molecule has 1 aliphatic heterocycles. The number of amides is 3. The Bertz CT molecular complexity index is 964. The van der Waals surface area contributed by atoms with E-state index in [1.807, 2.05) is 0 Å². The number of halogens is 1. The van der Waals surface area contributed by atoms with Gasteiger partial charge in [0.25, 0.3) is 0 Å². The van der Waals surface area contributed by atoms with Crippen molar-refractivity contribution in [3.05, 3.63) is 59.1 Å². The lowest BCUT2D eigenvalue weighted by atomic mass is 10.2. The van der Waals surface area contributed by atoms with E-state index in [1.165, 1.54) is 31.4 Å². The van der Waals surface area contributed by atoms with E-state index in [0.717, 1.165) is 16.7 Å². The summed E-state index contributed by atoms with van der Waals surface area (Å²) in [4.78, 5) is 49.7. The van der Waals surface area contributed by atoms with Crippen LogP contribution >= 0.6 is 23.4 Å². The van der Waals surface area contributed by atoms with Crippen molar-refractivity contribution in [3.8, 4) is 0 Å². The molecule has 1 heterocycles. The van der Waals surface area contributed by atoms with Crippen molar-refractivity contribution in [2.75, 3.05) is 23.1 Å². The Balaban J connectivity index is 1.60. The predicted octanol–water partition coefficient (Wildman–Crippen LogP) is 3.13. The molecule has 9 heteroatoms. The molecule has 1 saturated heterocycles. The summed E-state index contributed by atoms with van der Waals surface area (Å²) >= 11 is 6.99.